The average molecular weight is 325 g/mol. The van der Waals surface area contributed by atoms with Crippen LogP contribution in [0.15, 0.2) is 22.7 Å². The van der Waals surface area contributed by atoms with Crippen LogP contribution in [0.3, 0.4) is 0 Å². The summed E-state index contributed by atoms with van der Waals surface area (Å²) in [6, 6.07) is 5.39. The molecule has 0 atom stereocenters. The van der Waals surface area contributed by atoms with Crippen molar-refractivity contribution in [2.45, 2.75) is 19.8 Å². The summed E-state index contributed by atoms with van der Waals surface area (Å²) in [6.07, 6.45) is 1.94. The molecule has 102 valence electrons. The van der Waals surface area contributed by atoms with Gasteiger partial charge in [-0.25, -0.2) is 0 Å². The van der Waals surface area contributed by atoms with E-state index in [2.05, 4.69) is 28.2 Å². The number of nitrogens with one attached hydrogen (secondary N) is 1. The highest BCUT2D eigenvalue weighted by Crippen LogP contribution is 2.31. The Bertz CT molecular complexity index is 502. The van der Waals surface area contributed by atoms with Crippen LogP contribution in [0.1, 0.15) is 30.1 Å². The third-order valence-electron chi connectivity index (χ3n) is 3.10. The van der Waals surface area contributed by atoms with Crippen LogP contribution in [0.5, 0.6) is 0 Å². The maximum Gasteiger partial charge on any atom is 0.299 e. The molecule has 0 saturated carbocycles. The van der Waals surface area contributed by atoms with Crippen molar-refractivity contribution in [1.82, 2.24) is 5.32 Å². The molecule has 0 bridgehead atoms. The lowest BCUT2D eigenvalue weighted by Crippen LogP contribution is -2.32. The molecule has 0 aliphatic carbocycles. The lowest BCUT2D eigenvalue weighted by molar-refractivity contribution is -0.114. The molecule has 0 unspecified atom stereocenters. The Labute approximate surface area is 121 Å². The zero-order valence-electron chi connectivity index (χ0n) is 10.9. The number of carbonyl (C=O) groups is 2. The molecule has 1 aromatic rings. The van der Waals surface area contributed by atoms with Crippen LogP contribution in [0.2, 0.25) is 0 Å². The number of nitrogens with zero attached hydrogens (tertiary/aromatic N) is 1. The number of rotatable bonds is 6. The SMILES string of the molecule is CCCNCCCN1C(=O)C(=O)c2cc(Br)ccc21. The number of benzene rings is 1. The first-order valence-electron chi connectivity index (χ1n) is 6.51. The molecule has 2 rings (SSSR count). The molecule has 1 N–H and O–H groups in total. The molecule has 1 aliphatic rings. The van der Waals surface area contributed by atoms with E-state index in [1.807, 2.05) is 12.1 Å². The molecule has 0 aromatic heterocycles. The fraction of sp³-hybridized carbons (Fsp3) is 0.429. The largest absolute Gasteiger partial charge is 0.317 e. The van der Waals surface area contributed by atoms with Gasteiger partial charge in [-0.2, -0.15) is 0 Å². The van der Waals surface area contributed by atoms with E-state index < -0.39 is 11.7 Å². The fourth-order valence-corrected chi connectivity index (χ4v) is 2.52. The van der Waals surface area contributed by atoms with Gasteiger partial charge in [0.25, 0.3) is 11.7 Å². The summed E-state index contributed by atoms with van der Waals surface area (Å²) in [7, 11) is 0. The minimum Gasteiger partial charge on any atom is -0.317 e. The minimum atomic E-state index is -0.413. The standard InChI is InChI=1S/C14H17BrN2O2/c1-2-6-16-7-3-8-17-12-5-4-10(15)9-11(12)13(18)14(17)19/h4-5,9,16H,2-3,6-8H2,1H3. The van der Waals surface area contributed by atoms with Crippen molar-refractivity contribution >= 4 is 33.3 Å². The van der Waals surface area contributed by atoms with E-state index in [9.17, 15) is 9.59 Å². The number of anilines is 1. The van der Waals surface area contributed by atoms with Gasteiger partial charge in [-0.15, -0.1) is 0 Å². The minimum absolute atomic E-state index is 0.405. The molecular formula is C14H17BrN2O2. The van der Waals surface area contributed by atoms with Gasteiger partial charge in [-0.1, -0.05) is 22.9 Å². The summed E-state index contributed by atoms with van der Waals surface area (Å²) in [5, 5.41) is 3.29. The summed E-state index contributed by atoms with van der Waals surface area (Å²) in [5.41, 5.74) is 1.23. The van der Waals surface area contributed by atoms with Gasteiger partial charge in [0.1, 0.15) is 0 Å². The second kappa shape index (κ2) is 6.30. The van der Waals surface area contributed by atoms with Crippen molar-refractivity contribution in [3.05, 3.63) is 28.2 Å². The monoisotopic (exact) mass is 324 g/mol. The maximum absolute atomic E-state index is 11.9. The Morgan fingerprint density at radius 2 is 2.05 bits per heavy atom. The van der Waals surface area contributed by atoms with E-state index in [4.69, 9.17) is 0 Å². The number of carbonyl (C=O) groups excluding carboxylic acids is 2. The number of ketones is 1. The van der Waals surface area contributed by atoms with Crippen molar-refractivity contribution in [2.24, 2.45) is 0 Å². The second-order valence-corrected chi connectivity index (χ2v) is 5.47. The Hall–Kier alpha value is -1.20. The molecule has 1 aromatic carbocycles. The molecule has 0 spiro atoms. The zero-order valence-corrected chi connectivity index (χ0v) is 12.5. The van der Waals surface area contributed by atoms with Gasteiger partial charge in [0.05, 0.1) is 11.3 Å². The molecule has 0 fully saturated rings. The second-order valence-electron chi connectivity index (χ2n) is 4.55. The van der Waals surface area contributed by atoms with E-state index >= 15 is 0 Å². The average Bonchev–Trinajstić information content (AvgIpc) is 2.63. The van der Waals surface area contributed by atoms with E-state index in [-0.39, 0.29) is 0 Å². The number of hydrogen-bond donors (Lipinski definition) is 1. The zero-order chi connectivity index (χ0) is 13.8. The predicted octanol–water partition coefficient (Wildman–Crippen LogP) is 2.37. The van der Waals surface area contributed by atoms with E-state index in [0.29, 0.717) is 12.1 Å². The van der Waals surface area contributed by atoms with E-state index in [0.717, 1.165) is 36.1 Å². The topological polar surface area (TPSA) is 49.4 Å². The summed E-state index contributed by atoms with van der Waals surface area (Å²) in [6.45, 7) is 4.54. The van der Waals surface area contributed by atoms with Gasteiger partial charge >= 0.3 is 0 Å². The van der Waals surface area contributed by atoms with Crippen LogP contribution in [-0.2, 0) is 4.79 Å². The van der Waals surface area contributed by atoms with Gasteiger partial charge in [0, 0.05) is 11.0 Å². The van der Waals surface area contributed by atoms with Crippen molar-refractivity contribution in [3.63, 3.8) is 0 Å². The van der Waals surface area contributed by atoms with Gasteiger partial charge in [0.2, 0.25) is 0 Å². The first-order chi connectivity index (χ1) is 9.15. The molecule has 4 nitrogen and oxygen atoms in total. The molecule has 1 aliphatic heterocycles. The van der Waals surface area contributed by atoms with Crippen molar-refractivity contribution in [1.29, 1.82) is 0 Å². The number of hydrogen-bond acceptors (Lipinski definition) is 3. The molecule has 19 heavy (non-hydrogen) atoms. The van der Waals surface area contributed by atoms with Gasteiger partial charge < -0.3 is 10.2 Å². The smallest absolute Gasteiger partial charge is 0.299 e. The van der Waals surface area contributed by atoms with Gasteiger partial charge in [0.15, 0.2) is 0 Å². The van der Waals surface area contributed by atoms with Crippen LogP contribution < -0.4 is 10.2 Å². The quantitative estimate of drug-likeness (QED) is 0.645. The fourth-order valence-electron chi connectivity index (χ4n) is 2.16. The lowest BCUT2D eigenvalue weighted by atomic mass is 10.1. The normalized spacial score (nSPS) is 14.1. The summed E-state index contributed by atoms with van der Waals surface area (Å²) in [5.74, 6) is -0.818. The van der Waals surface area contributed by atoms with Crippen molar-refractivity contribution in [3.8, 4) is 0 Å². The number of Topliss-reactive ketones (excluding diaryl/α,β-unsaturated/α-hetero) is 1. The van der Waals surface area contributed by atoms with E-state index in [1.165, 1.54) is 0 Å². The Kier molecular flexibility index (Phi) is 4.71. The highest BCUT2D eigenvalue weighted by Gasteiger charge is 2.35. The van der Waals surface area contributed by atoms with Crippen molar-refractivity contribution in [2.75, 3.05) is 24.5 Å². The molecule has 1 heterocycles. The van der Waals surface area contributed by atoms with Crippen LogP contribution in [0, 0.1) is 0 Å². The first-order valence-corrected chi connectivity index (χ1v) is 7.31. The van der Waals surface area contributed by atoms with Crippen LogP contribution in [-0.4, -0.2) is 31.3 Å². The predicted molar refractivity (Wildman–Crippen MR) is 78.6 cm³/mol. The molecule has 5 heteroatoms. The summed E-state index contributed by atoms with van der Waals surface area (Å²) in [4.78, 5) is 25.4. The molecule has 0 radical (unpaired) electrons. The number of amides is 1. The van der Waals surface area contributed by atoms with Crippen LogP contribution in [0.4, 0.5) is 5.69 Å². The summed E-state index contributed by atoms with van der Waals surface area (Å²) >= 11 is 3.32. The van der Waals surface area contributed by atoms with Gasteiger partial charge in [-0.05, 0) is 44.1 Å². The van der Waals surface area contributed by atoms with Crippen molar-refractivity contribution < 1.29 is 9.59 Å². The Morgan fingerprint density at radius 1 is 1.26 bits per heavy atom. The highest BCUT2D eigenvalue weighted by atomic mass is 79.9. The third-order valence-corrected chi connectivity index (χ3v) is 3.59. The summed E-state index contributed by atoms with van der Waals surface area (Å²) < 4.78 is 0.818. The first kappa shape index (κ1) is 14.2. The molecule has 1 amide bonds. The number of fused-ring (bicyclic) bond motifs is 1. The third kappa shape index (κ3) is 3.04. The Balaban J connectivity index is 2.02. The van der Waals surface area contributed by atoms with Gasteiger partial charge in [-0.3, -0.25) is 9.59 Å². The lowest BCUT2D eigenvalue weighted by Gasteiger charge is -2.16. The molecule has 0 saturated heterocycles. The van der Waals surface area contributed by atoms with Crippen LogP contribution in [0.25, 0.3) is 0 Å². The molecular weight excluding hydrogens is 308 g/mol. The van der Waals surface area contributed by atoms with E-state index in [1.54, 1.807) is 11.0 Å². The maximum atomic E-state index is 11.9. The Morgan fingerprint density at radius 3 is 2.79 bits per heavy atom. The number of halogens is 1. The van der Waals surface area contributed by atoms with Crippen LogP contribution >= 0.6 is 15.9 Å². The highest BCUT2D eigenvalue weighted by molar-refractivity contribution is 9.10.